The summed E-state index contributed by atoms with van der Waals surface area (Å²) in [7, 11) is -0.884. The molecular formula is C17H22BF2NO3. The lowest BCUT2D eigenvalue weighted by molar-refractivity contribution is -0.112. The molecule has 0 unspecified atom stereocenters. The van der Waals surface area contributed by atoms with E-state index in [1.165, 1.54) is 12.1 Å². The maximum Gasteiger partial charge on any atom is 0.495 e. The second-order valence-electron chi connectivity index (χ2n) is 6.97. The van der Waals surface area contributed by atoms with E-state index in [2.05, 4.69) is 11.9 Å². The third-order valence-electron chi connectivity index (χ3n) is 4.47. The number of rotatable bonds is 4. The van der Waals surface area contributed by atoms with Crippen LogP contribution in [0.4, 0.5) is 14.5 Å². The van der Waals surface area contributed by atoms with Crippen molar-refractivity contribution in [3.05, 3.63) is 35.9 Å². The molecule has 4 nitrogen and oxygen atoms in total. The average Bonchev–Trinajstić information content (AvgIpc) is 2.66. The molecule has 1 amide bonds. The van der Waals surface area contributed by atoms with Gasteiger partial charge in [0.1, 0.15) is 0 Å². The van der Waals surface area contributed by atoms with Crippen molar-refractivity contribution < 1.29 is 22.9 Å². The van der Waals surface area contributed by atoms with E-state index in [4.69, 9.17) is 9.31 Å². The van der Waals surface area contributed by atoms with E-state index in [1.807, 2.05) is 27.7 Å². The van der Waals surface area contributed by atoms with Gasteiger partial charge >= 0.3 is 7.12 Å². The fourth-order valence-corrected chi connectivity index (χ4v) is 2.26. The summed E-state index contributed by atoms with van der Waals surface area (Å²) in [6.07, 6.45) is -2.72. The highest BCUT2D eigenvalue weighted by Gasteiger charge is 2.52. The van der Waals surface area contributed by atoms with Crippen LogP contribution in [0, 0.1) is 0 Å². The number of anilines is 1. The molecule has 1 aliphatic heterocycles. The van der Waals surface area contributed by atoms with Crippen LogP contribution in [0.15, 0.2) is 30.4 Å². The van der Waals surface area contributed by atoms with Crippen LogP contribution < -0.4 is 10.8 Å². The van der Waals surface area contributed by atoms with E-state index in [0.29, 0.717) is 5.57 Å². The maximum absolute atomic E-state index is 13.5. The third-order valence-corrected chi connectivity index (χ3v) is 4.47. The van der Waals surface area contributed by atoms with Crippen molar-refractivity contribution in [1.29, 1.82) is 0 Å². The summed E-state index contributed by atoms with van der Waals surface area (Å²) in [5.41, 5.74) is -0.638. The molecule has 1 fully saturated rings. The van der Waals surface area contributed by atoms with Crippen molar-refractivity contribution in [2.45, 2.75) is 52.2 Å². The summed E-state index contributed by atoms with van der Waals surface area (Å²) in [5, 5.41) is 2.53. The number of hydrogen-bond acceptors (Lipinski definition) is 3. The summed E-state index contributed by atoms with van der Waals surface area (Å²) >= 11 is 0. The first-order chi connectivity index (χ1) is 10.9. The fourth-order valence-electron chi connectivity index (χ4n) is 2.26. The number of hydrogen-bond donors (Lipinski definition) is 1. The van der Waals surface area contributed by atoms with Crippen molar-refractivity contribution in [1.82, 2.24) is 0 Å². The SMILES string of the molecule is C=C(C)C(=O)Nc1ccc(B2OC(C)(C)C(C)(C)O2)c(C(F)F)c1. The summed E-state index contributed by atoms with van der Waals surface area (Å²) in [5.74, 6) is -0.418. The molecule has 0 radical (unpaired) electrons. The van der Waals surface area contributed by atoms with E-state index in [0.717, 1.165) is 0 Å². The van der Waals surface area contributed by atoms with Crippen molar-refractivity contribution in [3.63, 3.8) is 0 Å². The lowest BCUT2D eigenvalue weighted by Gasteiger charge is -2.32. The molecule has 0 atom stereocenters. The molecule has 24 heavy (non-hydrogen) atoms. The minimum Gasteiger partial charge on any atom is -0.399 e. The smallest absolute Gasteiger partial charge is 0.399 e. The molecule has 130 valence electrons. The lowest BCUT2D eigenvalue weighted by Crippen LogP contribution is -2.41. The van der Waals surface area contributed by atoms with E-state index in [1.54, 1.807) is 13.0 Å². The highest BCUT2D eigenvalue weighted by molar-refractivity contribution is 6.62. The van der Waals surface area contributed by atoms with Crippen LogP contribution in [-0.2, 0) is 14.1 Å². The Morgan fingerprint density at radius 1 is 1.21 bits per heavy atom. The zero-order valence-electron chi connectivity index (χ0n) is 14.6. The average molecular weight is 337 g/mol. The number of amides is 1. The first-order valence-electron chi connectivity index (χ1n) is 7.69. The Bertz CT molecular complexity index is 658. The Hall–Kier alpha value is -1.73. The Labute approximate surface area is 141 Å². The van der Waals surface area contributed by atoms with Crippen LogP contribution in [-0.4, -0.2) is 24.2 Å². The van der Waals surface area contributed by atoms with E-state index in [-0.39, 0.29) is 16.7 Å². The van der Waals surface area contributed by atoms with Crippen molar-refractivity contribution in [2.24, 2.45) is 0 Å². The van der Waals surface area contributed by atoms with Crippen molar-refractivity contribution >= 4 is 24.2 Å². The predicted octanol–water partition coefficient (Wildman–Crippen LogP) is 3.44. The standard InChI is InChI=1S/C17H22BF2NO3/c1-10(2)15(22)21-11-7-8-13(12(9-11)14(19)20)18-23-16(3,4)17(5,6)24-18/h7-9,14H,1H2,2-6H3,(H,21,22). The Morgan fingerprint density at radius 3 is 2.21 bits per heavy atom. The number of carbonyl (C=O) groups excluding carboxylic acids is 1. The molecule has 1 aromatic rings. The van der Waals surface area contributed by atoms with Crippen molar-refractivity contribution in [2.75, 3.05) is 5.32 Å². The second-order valence-corrected chi connectivity index (χ2v) is 6.97. The molecule has 1 aliphatic rings. The first-order valence-corrected chi connectivity index (χ1v) is 7.69. The Morgan fingerprint density at radius 2 is 1.75 bits per heavy atom. The van der Waals surface area contributed by atoms with Gasteiger partial charge in [-0.15, -0.1) is 0 Å². The zero-order chi connectivity index (χ0) is 18.3. The van der Waals surface area contributed by atoms with Gasteiger partial charge < -0.3 is 14.6 Å². The van der Waals surface area contributed by atoms with Gasteiger partial charge in [0.25, 0.3) is 12.3 Å². The van der Waals surface area contributed by atoms with Crippen molar-refractivity contribution in [3.8, 4) is 0 Å². The topological polar surface area (TPSA) is 47.6 Å². The molecule has 0 aromatic heterocycles. The predicted molar refractivity (Wildman–Crippen MR) is 90.6 cm³/mol. The third kappa shape index (κ3) is 3.52. The van der Waals surface area contributed by atoms with Gasteiger partial charge in [-0.2, -0.15) is 0 Å². The van der Waals surface area contributed by atoms with Crippen LogP contribution >= 0.6 is 0 Å². The Kier molecular flexibility index (Phi) is 4.88. The quantitative estimate of drug-likeness (QED) is 0.676. The second kappa shape index (κ2) is 6.29. The number of benzene rings is 1. The molecule has 1 N–H and O–H groups in total. The molecule has 1 saturated heterocycles. The molecule has 0 spiro atoms. The summed E-state index contributed by atoms with van der Waals surface area (Å²) in [4.78, 5) is 11.7. The molecule has 1 heterocycles. The fraction of sp³-hybridized carbons (Fsp3) is 0.471. The largest absolute Gasteiger partial charge is 0.495 e. The molecular weight excluding hydrogens is 315 g/mol. The zero-order valence-corrected chi connectivity index (χ0v) is 14.6. The van der Waals surface area contributed by atoms with E-state index >= 15 is 0 Å². The van der Waals surface area contributed by atoms with Gasteiger partial charge in [-0.05, 0) is 52.2 Å². The molecule has 0 aliphatic carbocycles. The Balaban J connectivity index is 2.35. The van der Waals surface area contributed by atoms with Crippen LogP contribution in [0.1, 0.15) is 46.6 Å². The minimum absolute atomic E-state index is 0.229. The number of halogens is 2. The first kappa shape index (κ1) is 18.6. The van der Waals surface area contributed by atoms with Crippen LogP contribution in [0.25, 0.3) is 0 Å². The van der Waals surface area contributed by atoms with Gasteiger partial charge in [-0.1, -0.05) is 12.6 Å². The number of carbonyl (C=O) groups is 1. The molecule has 2 rings (SSSR count). The molecule has 0 bridgehead atoms. The van der Waals surface area contributed by atoms with Crippen LogP contribution in [0.2, 0.25) is 0 Å². The molecule has 1 aromatic carbocycles. The lowest BCUT2D eigenvalue weighted by atomic mass is 9.76. The highest BCUT2D eigenvalue weighted by Crippen LogP contribution is 2.37. The number of alkyl halides is 2. The molecule has 7 heteroatoms. The van der Waals surface area contributed by atoms with Gasteiger partial charge in [-0.3, -0.25) is 4.79 Å². The molecule has 0 saturated carbocycles. The monoisotopic (exact) mass is 337 g/mol. The van der Waals surface area contributed by atoms with Gasteiger partial charge in [0.05, 0.1) is 11.2 Å². The van der Waals surface area contributed by atoms with Crippen LogP contribution in [0.3, 0.4) is 0 Å². The summed E-state index contributed by atoms with van der Waals surface area (Å²) in [6, 6.07) is 4.29. The summed E-state index contributed by atoms with van der Waals surface area (Å²) < 4.78 is 38.7. The van der Waals surface area contributed by atoms with Crippen LogP contribution in [0.5, 0.6) is 0 Å². The van der Waals surface area contributed by atoms with Gasteiger partial charge in [0.15, 0.2) is 0 Å². The maximum atomic E-state index is 13.5. The normalized spacial score (nSPS) is 18.8. The van der Waals surface area contributed by atoms with Gasteiger partial charge in [0.2, 0.25) is 0 Å². The van der Waals surface area contributed by atoms with E-state index < -0.39 is 30.7 Å². The number of nitrogens with one attached hydrogen (secondary N) is 1. The highest BCUT2D eigenvalue weighted by atomic mass is 19.3. The minimum atomic E-state index is -2.72. The van der Waals surface area contributed by atoms with E-state index in [9.17, 15) is 13.6 Å². The van der Waals surface area contributed by atoms with Gasteiger partial charge in [-0.25, -0.2) is 8.78 Å². The van der Waals surface area contributed by atoms with Gasteiger partial charge in [0, 0.05) is 16.8 Å². The summed E-state index contributed by atoms with van der Waals surface area (Å²) in [6.45, 7) is 12.5.